The smallest absolute Gasteiger partial charge is 0.424 e. The Hall–Kier alpha value is -3.02. The number of ether oxygens (including phenoxy) is 4. The van der Waals surface area contributed by atoms with E-state index in [0.717, 1.165) is 0 Å². The van der Waals surface area contributed by atoms with Gasteiger partial charge in [-0.25, -0.2) is 4.79 Å². The summed E-state index contributed by atoms with van der Waals surface area (Å²) in [5.41, 5.74) is -1.44. The standard InChI is InChI=1S/C25H34N2O9/c1-24(2,3)36-23(32)27-20(29)8-9-25(22(27)31)16-21(30)26(17-25)18-4-6-19(7-5-18)35-15-14-34-13-12-33-11-10-28/h4-7,28H,8-17H2,1-3H3. The highest BCUT2D eigenvalue weighted by Gasteiger charge is 2.56. The van der Waals surface area contributed by atoms with Crippen LogP contribution in [0.3, 0.4) is 0 Å². The van der Waals surface area contributed by atoms with E-state index >= 15 is 0 Å². The number of hydrogen-bond acceptors (Lipinski definition) is 9. The number of aliphatic hydroxyl groups is 1. The highest BCUT2D eigenvalue weighted by molar-refractivity contribution is 6.15. The van der Waals surface area contributed by atoms with E-state index in [9.17, 15) is 19.2 Å². The predicted molar refractivity (Wildman–Crippen MR) is 127 cm³/mol. The van der Waals surface area contributed by atoms with Gasteiger partial charge in [-0.3, -0.25) is 14.4 Å². The van der Waals surface area contributed by atoms with Crippen LogP contribution < -0.4 is 9.64 Å². The van der Waals surface area contributed by atoms with Crippen LogP contribution in [0.4, 0.5) is 10.5 Å². The first kappa shape index (κ1) is 27.6. The van der Waals surface area contributed by atoms with Crippen molar-refractivity contribution < 1.29 is 43.2 Å². The van der Waals surface area contributed by atoms with Gasteiger partial charge in [-0.1, -0.05) is 0 Å². The summed E-state index contributed by atoms with van der Waals surface area (Å²) in [6.45, 7) is 6.77. The molecule has 1 unspecified atom stereocenters. The number of hydrogen-bond donors (Lipinski definition) is 1. The number of aliphatic hydroxyl groups excluding tert-OH is 1. The first-order chi connectivity index (χ1) is 17.1. The molecule has 11 heteroatoms. The molecule has 1 atom stereocenters. The Bertz CT molecular complexity index is 957. The van der Waals surface area contributed by atoms with E-state index in [1.165, 1.54) is 4.90 Å². The third-order valence-electron chi connectivity index (χ3n) is 5.80. The number of carbonyl (C=O) groups excluding carboxylic acids is 4. The largest absolute Gasteiger partial charge is 0.491 e. The third kappa shape index (κ3) is 6.80. The van der Waals surface area contributed by atoms with Crippen molar-refractivity contribution in [1.82, 2.24) is 4.90 Å². The molecule has 0 radical (unpaired) electrons. The molecule has 0 aromatic heterocycles. The third-order valence-corrected chi connectivity index (χ3v) is 5.80. The van der Waals surface area contributed by atoms with Gasteiger partial charge < -0.3 is 29.0 Å². The number of carbonyl (C=O) groups is 4. The van der Waals surface area contributed by atoms with E-state index in [0.29, 0.717) is 42.8 Å². The van der Waals surface area contributed by atoms with Gasteiger partial charge in [0.1, 0.15) is 18.0 Å². The van der Waals surface area contributed by atoms with Gasteiger partial charge in [-0.15, -0.1) is 0 Å². The fourth-order valence-corrected chi connectivity index (χ4v) is 4.11. The molecular formula is C25H34N2O9. The van der Waals surface area contributed by atoms with Crippen LogP contribution in [0.2, 0.25) is 0 Å². The lowest BCUT2D eigenvalue weighted by Gasteiger charge is -2.36. The maximum absolute atomic E-state index is 13.3. The number of rotatable bonds is 10. The molecule has 1 spiro atoms. The Labute approximate surface area is 210 Å². The van der Waals surface area contributed by atoms with Crippen molar-refractivity contribution in [2.45, 2.75) is 45.6 Å². The van der Waals surface area contributed by atoms with Crippen LogP contribution in [0.25, 0.3) is 0 Å². The van der Waals surface area contributed by atoms with Gasteiger partial charge in [0, 0.05) is 25.1 Å². The van der Waals surface area contributed by atoms with E-state index in [2.05, 4.69) is 0 Å². The zero-order chi connectivity index (χ0) is 26.3. The molecule has 198 valence electrons. The van der Waals surface area contributed by atoms with Crippen molar-refractivity contribution in [1.29, 1.82) is 0 Å². The van der Waals surface area contributed by atoms with Crippen molar-refractivity contribution in [2.75, 3.05) is 51.1 Å². The van der Waals surface area contributed by atoms with Crippen LogP contribution in [-0.4, -0.2) is 85.6 Å². The van der Waals surface area contributed by atoms with Gasteiger partial charge >= 0.3 is 6.09 Å². The molecule has 2 saturated heterocycles. The normalized spacial score (nSPS) is 20.4. The van der Waals surface area contributed by atoms with Crippen LogP contribution >= 0.6 is 0 Å². The van der Waals surface area contributed by atoms with Gasteiger partial charge in [0.2, 0.25) is 17.7 Å². The van der Waals surface area contributed by atoms with Crippen LogP contribution in [0, 0.1) is 5.41 Å². The number of piperidine rings is 1. The van der Waals surface area contributed by atoms with E-state index in [-0.39, 0.29) is 44.9 Å². The Morgan fingerprint density at radius 3 is 2.25 bits per heavy atom. The number of likely N-dealkylation sites (tertiary alicyclic amines) is 1. The van der Waals surface area contributed by atoms with Gasteiger partial charge in [0.25, 0.3) is 0 Å². The van der Waals surface area contributed by atoms with E-state index in [4.69, 9.17) is 24.1 Å². The molecule has 2 heterocycles. The van der Waals surface area contributed by atoms with Crippen molar-refractivity contribution >= 4 is 29.5 Å². The molecule has 1 N–H and O–H groups in total. The summed E-state index contributed by atoms with van der Waals surface area (Å²) >= 11 is 0. The van der Waals surface area contributed by atoms with E-state index in [1.54, 1.807) is 45.0 Å². The lowest BCUT2D eigenvalue weighted by atomic mass is 9.78. The van der Waals surface area contributed by atoms with Crippen LogP contribution in [0.1, 0.15) is 40.0 Å². The van der Waals surface area contributed by atoms with Crippen molar-refractivity contribution in [2.24, 2.45) is 5.41 Å². The summed E-state index contributed by atoms with van der Waals surface area (Å²) in [4.78, 5) is 53.2. The summed E-state index contributed by atoms with van der Waals surface area (Å²) < 4.78 is 21.4. The molecular weight excluding hydrogens is 472 g/mol. The molecule has 0 saturated carbocycles. The van der Waals surface area contributed by atoms with Crippen molar-refractivity contribution in [3.05, 3.63) is 24.3 Å². The zero-order valence-corrected chi connectivity index (χ0v) is 21.0. The van der Waals surface area contributed by atoms with Crippen LogP contribution in [0.5, 0.6) is 5.75 Å². The van der Waals surface area contributed by atoms with Gasteiger partial charge in [0.05, 0.1) is 38.4 Å². The molecule has 3 rings (SSSR count). The minimum Gasteiger partial charge on any atom is -0.491 e. The zero-order valence-electron chi connectivity index (χ0n) is 21.0. The summed E-state index contributed by atoms with van der Waals surface area (Å²) in [7, 11) is 0. The Balaban J connectivity index is 1.57. The molecule has 0 bridgehead atoms. The second-order valence-electron chi connectivity index (χ2n) is 9.74. The minimum absolute atomic E-state index is 0.0193. The van der Waals surface area contributed by atoms with E-state index < -0.39 is 28.9 Å². The lowest BCUT2D eigenvalue weighted by molar-refractivity contribution is -0.155. The summed E-state index contributed by atoms with van der Waals surface area (Å²) in [6, 6.07) is 6.88. The van der Waals surface area contributed by atoms with Gasteiger partial charge in [-0.2, -0.15) is 4.90 Å². The molecule has 11 nitrogen and oxygen atoms in total. The highest BCUT2D eigenvalue weighted by atomic mass is 16.6. The van der Waals surface area contributed by atoms with E-state index in [1.807, 2.05) is 0 Å². The lowest BCUT2D eigenvalue weighted by Crippen LogP contribution is -2.55. The summed E-state index contributed by atoms with van der Waals surface area (Å²) in [5.74, 6) is -0.970. The first-order valence-electron chi connectivity index (χ1n) is 12.0. The fraction of sp³-hybridized carbons (Fsp3) is 0.600. The predicted octanol–water partition coefficient (Wildman–Crippen LogP) is 1.90. The molecule has 2 fully saturated rings. The molecule has 0 aliphatic carbocycles. The SMILES string of the molecule is CC(C)(C)OC(=O)N1C(=O)CCC2(CC(=O)N(c3ccc(OCCOCCOCCO)cc3)C2)C1=O. The summed E-state index contributed by atoms with van der Waals surface area (Å²) in [6.07, 6.45) is -0.922. The number of amides is 4. The van der Waals surface area contributed by atoms with Crippen LogP contribution in [-0.2, 0) is 28.6 Å². The quantitative estimate of drug-likeness (QED) is 0.373. The maximum atomic E-state index is 13.3. The van der Waals surface area contributed by atoms with Gasteiger partial charge in [0.15, 0.2) is 0 Å². The topological polar surface area (TPSA) is 132 Å². The van der Waals surface area contributed by atoms with Crippen molar-refractivity contribution in [3.63, 3.8) is 0 Å². The monoisotopic (exact) mass is 506 g/mol. The Morgan fingerprint density at radius 2 is 1.61 bits per heavy atom. The number of imide groups is 3. The Kier molecular flexibility index (Phi) is 9.04. The highest BCUT2D eigenvalue weighted by Crippen LogP contribution is 2.43. The molecule has 4 amide bonds. The summed E-state index contributed by atoms with van der Waals surface area (Å²) in [5, 5.41) is 8.63. The maximum Gasteiger partial charge on any atom is 0.424 e. The first-order valence-corrected chi connectivity index (χ1v) is 12.0. The number of benzene rings is 1. The second kappa shape index (κ2) is 11.8. The Morgan fingerprint density at radius 1 is 0.972 bits per heavy atom. The number of nitrogens with zero attached hydrogens (tertiary/aromatic N) is 2. The fourth-order valence-electron chi connectivity index (χ4n) is 4.11. The second-order valence-corrected chi connectivity index (χ2v) is 9.74. The molecule has 1 aromatic rings. The van der Waals surface area contributed by atoms with Gasteiger partial charge in [-0.05, 0) is 51.5 Å². The number of anilines is 1. The molecule has 2 aliphatic rings. The average Bonchev–Trinajstić information content (AvgIpc) is 3.15. The minimum atomic E-state index is -1.16. The average molecular weight is 507 g/mol. The molecule has 1 aromatic carbocycles. The van der Waals surface area contributed by atoms with Crippen LogP contribution in [0.15, 0.2) is 24.3 Å². The molecule has 2 aliphatic heterocycles. The molecule has 36 heavy (non-hydrogen) atoms. The van der Waals surface area contributed by atoms with Crippen molar-refractivity contribution in [3.8, 4) is 5.75 Å².